The van der Waals surface area contributed by atoms with Crippen LogP contribution < -0.4 is 14.8 Å². The highest BCUT2D eigenvalue weighted by molar-refractivity contribution is 7.13. The first-order valence-electron chi connectivity index (χ1n) is 12.5. The van der Waals surface area contributed by atoms with E-state index in [0.29, 0.717) is 35.3 Å². The van der Waals surface area contributed by atoms with E-state index in [4.69, 9.17) is 14.2 Å². The first-order chi connectivity index (χ1) is 19.2. The second kappa shape index (κ2) is 14.9. The number of carbonyl (C=O) groups excluding carboxylic acids is 3. The fraction of sp³-hybridized carbons (Fsp3) is 0.357. The number of carbonyl (C=O) groups is 3. The largest absolute Gasteiger partial charge is 0.493 e. The molecule has 0 unspecified atom stereocenters. The van der Waals surface area contributed by atoms with Gasteiger partial charge in [-0.25, -0.2) is 9.37 Å². The lowest BCUT2D eigenvalue weighted by Crippen LogP contribution is -2.40. The molecule has 0 aliphatic carbocycles. The van der Waals surface area contributed by atoms with Gasteiger partial charge in [-0.15, -0.1) is 11.3 Å². The number of hydrogen-bond acceptors (Lipinski definition) is 8. The van der Waals surface area contributed by atoms with Crippen LogP contribution in [0.4, 0.5) is 9.52 Å². The Labute approximate surface area is 236 Å². The molecule has 0 saturated heterocycles. The summed E-state index contributed by atoms with van der Waals surface area (Å²) in [7, 11) is 6.37. The topological polar surface area (TPSA) is 110 Å². The summed E-state index contributed by atoms with van der Waals surface area (Å²) < 4.78 is 28.9. The van der Waals surface area contributed by atoms with Crippen LogP contribution in [0.25, 0.3) is 0 Å². The molecule has 0 radical (unpaired) electrons. The van der Waals surface area contributed by atoms with Crippen LogP contribution in [0.1, 0.15) is 21.6 Å². The van der Waals surface area contributed by atoms with Crippen molar-refractivity contribution in [3.63, 3.8) is 0 Å². The third-order valence-electron chi connectivity index (χ3n) is 6.02. The van der Waals surface area contributed by atoms with Gasteiger partial charge in [-0.2, -0.15) is 0 Å². The highest BCUT2D eigenvalue weighted by atomic mass is 32.1. The Balaban J connectivity index is 1.52. The molecule has 12 heteroatoms. The molecule has 3 aromatic rings. The van der Waals surface area contributed by atoms with Gasteiger partial charge in [0.25, 0.3) is 5.91 Å². The van der Waals surface area contributed by atoms with Crippen molar-refractivity contribution in [2.45, 2.75) is 12.8 Å². The minimum atomic E-state index is -0.458. The molecule has 0 saturated carbocycles. The maximum Gasteiger partial charge on any atom is 0.254 e. The zero-order chi connectivity index (χ0) is 29.1. The van der Waals surface area contributed by atoms with Crippen molar-refractivity contribution in [2.24, 2.45) is 0 Å². The highest BCUT2D eigenvalue weighted by Crippen LogP contribution is 2.27. The van der Waals surface area contributed by atoms with E-state index in [-0.39, 0.29) is 37.6 Å². The van der Waals surface area contributed by atoms with Gasteiger partial charge in [-0.05, 0) is 48.4 Å². The molecule has 2 aromatic carbocycles. The van der Waals surface area contributed by atoms with Gasteiger partial charge in [0, 0.05) is 38.2 Å². The van der Waals surface area contributed by atoms with Gasteiger partial charge in [-0.3, -0.25) is 14.4 Å². The van der Waals surface area contributed by atoms with E-state index in [1.165, 1.54) is 47.6 Å². The molecule has 0 fully saturated rings. The van der Waals surface area contributed by atoms with Crippen LogP contribution in [0.3, 0.4) is 0 Å². The molecule has 1 N–H and O–H groups in total. The zero-order valence-corrected chi connectivity index (χ0v) is 23.8. The van der Waals surface area contributed by atoms with Crippen molar-refractivity contribution >= 4 is 34.2 Å². The number of anilines is 1. The summed E-state index contributed by atoms with van der Waals surface area (Å²) in [4.78, 5) is 45.6. The number of rotatable bonds is 14. The molecule has 1 aromatic heterocycles. The van der Waals surface area contributed by atoms with Crippen molar-refractivity contribution in [2.75, 3.05) is 59.9 Å². The predicted molar refractivity (Wildman–Crippen MR) is 150 cm³/mol. The van der Waals surface area contributed by atoms with Gasteiger partial charge in [0.05, 0.1) is 32.9 Å². The van der Waals surface area contributed by atoms with E-state index in [2.05, 4.69) is 10.3 Å². The molecule has 10 nitrogen and oxygen atoms in total. The van der Waals surface area contributed by atoms with Gasteiger partial charge in [0.15, 0.2) is 16.6 Å². The van der Waals surface area contributed by atoms with Crippen molar-refractivity contribution in [1.82, 2.24) is 14.8 Å². The fourth-order valence-electron chi connectivity index (χ4n) is 3.75. The molecule has 40 heavy (non-hydrogen) atoms. The number of ether oxygens (including phenoxy) is 3. The lowest BCUT2D eigenvalue weighted by atomic mass is 10.1. The van der Waals surface area contributed by atoms with Gasteiger partial charge in [0.1, 0.15) is 12.4 Å². The summed E-state index contributed by atoms with van der Waals surface area (Å²) in [6.07, 6.45) is 0.717. The number of hydrogen-bond donors (Lipinski definition) is 1. The van der Waals surface area contributed by atoms with E-state index in [9.17, 15) is 18.8 Å². The van der Waals surface area contributed by atoms with Crippen LogP contribution >= 0.6 is 11.3 Å². The maximum atomic E-state index is 13.2. The molecule has 0 atom stereocenters. The Kier molecular flexibility index (Phi) is 11.4. The Morgan fingerprint density at radius 3 is 2.40 bits per heavy atom. The molecule has 0 aliphatic heterocycles. The molecule has 0 spiro atoms. The van der Waals surface area contributed by atoms with Crippen molar-refractivity contribution in [3.05, 3.63) is 70.5 Å². The van der Waals surface area contributed by atoms with E-state index in [1.54, 1.807) is 31.5 Å². The van der Waals surface area contributed by atoms with Crippen LogP contribution in [0.15, 0.2) is 47.8 Å². The SMILES string of the molecule is COCCN(CC(=O)Nc1nc(CC(=O)N(C)CCc2ccc(OC)c(OC)c2)cs1)C(=O)c1ccc(F)cc1. The monoisotopic (exact) mass is 572 g/mol. The number of aromatic nitrogens is 1. The summed E-state index contributed by atoms with van der Waals surface area (Å²) in [6.45, 7) is 0.657. The van der Waals surface area contributed by atoms with Crippen molar-refractivity contribution in [3.8, 4) is 11.5 Å². The molecular weight excluding hydrogens is 539 g/mol. The van der Waals surface area contributed by atoms with Crippen LogP contribution in [0, 0.1) is 5.82 Å². The Morgan fingerprint density at radius 2 is 1.73 bits per heavy atom. The van der Waals surface area contributed by atoms with E-state index in [0.717, 1.165) is 5.56 Å². The summed E-state index contributed by atoms with van der Waals surface area (Å²) in [5, 5.41) is 4.71. The standard InChI is InChI=1S/C28H33FN4O6S/c1-32(12-11-19-5-10-23(38-3)24(15-19)39-4)26(35)16-22-18-40-28(30-22)31-25(34)17-33(13-14-37-2)27(36)20-6-8-21(29)9-7-20/h5-10,15,18H,11-14,16-17H2,1-4H3,(H,30,31,34). The van der Waals surface area contributed by atoms with Crippen molar-refractivity contribution < 1.29 is 33.0 Å². The second-order valence-corrected chi connectivity index (χ2v) is 9.71. The van der Waals surface area contributed by atoms with E-state index >= 15 is 0 Å². The Morgan fingerprint density at radius 1 is 1.00 bits per heavy atom. The third-order valence-corrected chi connectivity index (χ3v) is 6.82. The number of thiazole rings is 1. The second-order valence-electron chi connectivity index (χ2n) is 8.85. The van der Waals surface area contributed by atoms with Crippen LogP contribution in [-0.2, 0) is 27.2 Å². The number of methoxy groups -OCH3 is 3. The van der Waals surface area contributed by atoms with Crippen LogP contribution in [0.5, 0.6) is 11.5 Å². The van der Waals surface area contributed by atoms with Crippen LogP contribution in [-0.4, -0.2) is 87.1 Å². The van der Waals surface area contributed by atoms with Gasteiger partial charge in [-0.1, -0.05) is 6.07 Å². The quantitative estimate of drug-likeness (QED) is 0.316. The number of nitrogens with zero attached hydrogens (tertiary/aromatic N) is 3. The molecule has 0 bridgehead atoms. The number of amides is 3. The summed E-state index contributed by atoms with van der Waals surface area (Å²) in [6, 6.07) is 10.8. The Bertz CT molecular complexity index is 1300. The smallest absolute Gasteiger partial charge is 0.254 e. The first kappa shape index (κ1) is 30.5. The Hall–Kier alpha value is -4.03. The number of nitrogens with one attached hydrogen (secondary N) is 1. The summed E-state index contributed by atoms with van der Waals surface area (Å²) >= 11 is 1.19. The molecule has 214 valence electrons. The number of halogens is 1. The lowest BCUT2D eigenvalue weighted by Gasteiger charge is -2.21. The molecular formula is C28H33FN4O6S. The average Bonchev–Trinajstić information content (AvgIpc) is 3.39. The predicted octanol–water partition coefficient (Wildman–Crippen LogP) is 3.27. The molecule has 0 aliphatic rings. The van der Waals surface area contributed by atoms with E-state index in [1.807, 2.05) is 18.2 Å². The van der Waals surface area contributed by atoms with E-state index < -0.39 is 17.6 Å². The summed E-state index contributed by atoms with van der Waals surface area (Å²) in [5.41, 5.74) is 1.80. The number of benzene rings is 2. The first-order valence-corrected chi connectivity index (χ1v) is 13.3. The minimum Gasteiger partial charge on any atom is -0.493 e. The normalized spacial score (nSPS) is 10.6. The lowest BCUT2D eigenvalue weighted by molar-refractivity contribution is -0.129. The maximum absolute atomic E-state index is 13.2. The third kappa shape index (κ3) is 8.75. The fourth-order valence-corrected chi connectivity index (χ4v) is 4.48. The molecule has 3 rings (SSSR count). The van der Waals surface area contributed by atoms with Gasteiger partial charge < -0.3 is 29.3 Å². The van der Waals surface area contributed by atoms with Gasteiger partial charge >= 0.3 is 0 Å². The van der Waals surface area contributed by atoms with Gasteiger partial charge in [0.2, 0.25) is 11.8 Å². The average molecular weight is 573 g/mol. The molecule has 3 amide bonds. The highest BCUT2D eigenvalue weighted by Gasteiger charge is 2.20. The molecule has 1 heterocycles. The summed E-state index contributed by atoms with van der Waals surface area (Å²) in [5.74, 6) is -0.171. The zero-order valence-electron chi connectivity index (χ0n) is 22.9. The minimum absolute atomic E-state index is 0.0812. The number of likely N-dealkylation sites (N-methyl/N-ethyl adjacent to an activating group) is 1. The van der Waals surface area contributed by atoms with Crippen molar-refractivity contribution in [1.29, 1.82) is 0 Å². The van der Waals surface area contributed by atoms with Crippen LogP contribution in [0.2, 0.25) is 0 Å².